The number of benzene rings is 1. The van der Waals surface area contributed by atoms with E-state index in [-0.39, 0.29) is 24.8 Å². The third-order valence-electron chi connectivity index (χ3n) is 4.16. The van der Waals surface area contributed by atoms with Gasteiger partial charge in [0, 0.05) is 25.7 Å². The van der Waals surface area contributed by atoms with Crippen LogP contribution < -0.4 is 5.32 Å². The molecule has 0 spiro atoms. The Morgan fingerprint density at radius 2 is 2.08 bits per heavy atom. The van der Waals surface area contributed by atoms with Crippen molar-refractivity contribution in [2.45, 2.75) is 64.9 Å². The summed E-state index contributed by atoms with van der Waals surface area (Å²) in [5.41, 5.74) is 1.43. The van der Waals surface area contributed by atoms with Gasteiger partial charge in [-0.2, -0.15) is 0 Å². The number of hydrogen-bond donors (Lipinski definition) is 1. The molecule has 1 aromatic rings. The number of amides is 1. The van der Waals surface area contributed by atoms with Crippen LogP contribution in [-0.2, 0) is 17.7 Å². The summed E-state index contributed by atoms with van der Waals surface area (Å²) >= 11 is 3.20. The lowest BCUT2D eigenvalue weighted by Gasteiger charge is -2.30. The summed E-state index contributed by atoms with van der Waals surface area (Å²) in [7, 11) is 0. The molecule has 1 amide bonds. The third-order valence-corrected chi connectivity index (χ3v) is 4.77. The van der Waals surface area contributed by atoms with E-state index >= 15 is 0 Å². The number of nitrogens with one attached hydrogen (secondary N) is 1. The zero-order chi connectivity index (χ0) is 19.5. The Morgan fingerprint density at radius 3 is 2.73 bits per heavy atom. The van der Waals surface area contributed by atoms with E-state index in [1.165, 1.54) is 6.07 Å². The van der Waals surface area contributed by atoms with Crippen LogP contribution in [0.4, 0.5) is 13.6 Å². The summed E-state index contributed by atoms with van der Waals surface area (Å²) in [6, 6.07) is 3.00. The first-order chi connectivity index (χ1) is 12.0. The van der Waals surface area contributed by atoms with Crippen molar-refractivity contribution >= 4 is 22.0 Å². The molecular formula is C19H27BrF2N2O2. The molecule has 0 radical (unpaired) electrons. The van der Waals surface area contributed by atoms with Gasteiger partial charge in [-0.05, 0) is 79.7 Å². The minimum absolute atomic E-state index is 0.206. The first kappa shape index (κ1) is 21.1. The van der Waals surface area contributed by atoms with Gasteiger partial charge < -0.3 is 10.1 Å². The van der Waals surface area contributed by atoms with Crippen LogP contribution in [0.5, 0.6) is 0 Å². The van der Waals surface area contributed by atoms with Gasteiger partial charge >= 0.3 is 6.09 Å². The Labute approximate surface area is 162 Å². The van der Waals surface area contributed by atoms with Crippen LogP contribution in [0.2, 0.25) is 0 Å². The molecular weight excluding hydrogens is 406 g/mol. The maximum atomic E-state index is 14.4. The molecule has 0 fully saturated rings. The fourth-order valence-corrected chi connectivity index (χ4v) is 3.46. The number of carbonyl (C=O) groups is 1. The van der Waals surface area contributed by atoms with Crippen LogP contribution in [-0.4, -0.2) is 41.9 Å². The second-order valence-corrected chi connectivity index (χ2v) is 8.75. The van der Waals surface area contributed by atoms with Gasteiger partial charge in [-0.25, -0.2) is 13.6 Å². The van der Waals surface area contributed by atoms with Gasteiger partial charge in [-0.1, -0.05) is 0 Å². The fraction of sp³-hybridized carbons (Fsp3) is 0.632. The van der Waals surface area contributed by atoms with Crippen molar-refractivity contribution in [3.63, 3.8) is 0 Å². The molecule has 7 heteroatoms. The highest BCUT2D eigenvalue weighted by atomic mass is 79.9. The molecule has 0 saturated carbocycles. The smallest absolute Gasteiger partial charge is 0.407 e. The Morgan fingerprint density at radius 1 is 1.38 bits per heavy atom. The summed E-state index contributed by atoms with van der Waals surface area (Å²) in [6.45, 7) is 8.64. The normalized spacial score (nSPS) is 17.3. The molecule has 2 rings (SSSR count). The van der Waals surface area contributed by atoms with Crippen molar-refractivity contribution in [3.05, 3.63) is 33.5 Å². The molecule has 1 aliphatic rings. The minimum atomic E-state index is -1.08. The van der Waals surface area contributed by atoms with Gasteiger partial charge in [0.2, 0.25) is 0 Å². The van der Waals surface area contributed by atoms with Gasteiger partial charge in [0.05, 0.1) is 4.47 Å². The summed E-state index contributed by atoms with van der Waals surface area (Å²) in [6.07, 6.45) is -0.642. The van der Waals surface area contributed by atoms with E-state index in [1.807, 2.05) is 11.0 Å². The number of nitrogens with zero attached hydrogens (tertiary/aromatic N) is 1. The number of halogens is 3. The predicted molar refractivity (Wildman–Crippen MR) is 101 cm³/mol. The average Bonchev–Trinajstić information content (AvgIpc) is 2.46. The molecule has 0 aromatic heterocycles. The van der Waals surface area contributed by atoms with Crippen molar-refractivity contribution < 1.29 is 18.3 Å². The van der Waals surface area contributed by atoms with Crippen LogP contribution >= 0.6 is 15.9 Å². The molecule has 1 heterocycles. The highest BCUT2D eigenvalue weighted by Crippen LogP contribution is 2.26. The van der Waals surface area contributed by atoms with E-state index in [1.54, 1.807) is 27.7 Å². The lowest BCUT2D eigenvalue weighted by Crippen LogP contribution is -2.41. The van der Waals surface area contributed by atoms with Crippen molar-refractivity contribution in [1.29, 1.82) is 0 Å². The lowest BCUT2D eigenvalue weighted by molar-refractivity contribution is 0.0496. The molecule has 1 aromatic carbocycles. The highest BCUT2D eigenvalue weighted by molar-refractivity contribution is 9.10. The van der Waals surface area contributed by atoms with Gasteiger partial charge in [0.15, 0.2) is 0 Å². The van der Waals surface area contributed by atoms with Crippen LogP contribution in [0, 0.1) is 5.82 Å². The third kappa shape index (κ3) is 6.50. The summed E-state index contributed by atoms with van der Waals surface area (Å²) in [5.74, 6) is -0.294. The first-order valence-electron chi connectivity index (χ1n) is 8.86. The monoisotopic (exact) mass is 432 g/mol. The number of hydrogen-bond acceptors (Lipinski definition) is 3. The van der Waals surface area contributed by atoms with Crippen molar-refractivity contribution in [1.82, 2.24) is 10.2 Å². The number of rotatable bonds is 5. The maximum Gasteiger partial charge on any atom is 0.407 e. The van der Waals surface area contributed by atoms with E-state index in [4.69, 9.17) is 4.74 Å². The summed E-state index contributed by atoms with van der Waals surface area (Å²) < 4.78 is 33.8. The maximum absolute atomic E-state index is 14.4. The molecule has 2 atom stereocenters. The lowest BCUT2D eigenvalue weighted by atomic mass is 9.99. The first-order valence-corrected chi connectivity index (χ1v) is 9.65. The van der Waals surface area contributed by atoms with Crippen LogP contribution in [0.15, 0.2) is 16.6 Å². The zero-order valence-electron chi connectivity index (χ0n) is 15.7. The summed E-state index contributed by atoms with van der Waals surface area (Å²) in [5, 5.41) is 2.66. The molecule has 0 saturated heterocycles. The van der Waals surface area contributed by atoms with E-state index < -0.39 is 17.9 Å². The number of fused-ring (bicyclic) bond motifs is 1. The van der Waals surface area contributed by atoms with Crippen LogP contribution in [0.25, 0.3) is 0 Å². The van der Waals surface area contributed by atoms with Gasteiger partial charge in [0.25, 0.3) is 0 Å². The van der Waals surface area contributed by atoms with Crippen molar-refractivity contribution in [2.75, 3.05) is 13.1 Å². The van der Waals surface area contributed by atoms with Gasteiger partial charge in [-0.3, -0.25) is 4.90 Å². The molecule has 0 unspecified atom stereocenters. The fourth-order valence-electron chi connectivity index (χ4n) is 3.07. The molecule has 0 bridgehead atoms. The average molecular weight is 433 g/mol. The standard InChI is InChI=1S/C19H27BrF2N2O2/c1-12(23-18(25)26-19(2,3)4)7-15(21)11-24-6-5-13-8-16(20)17(22)9-14(13)10-24/h8-9,12,15H,5-7,10-11H2,1-4H3,(H,23,25)/t12-,15+/m0/s1. The second-order valence-electron chi connectivity index (χ2n) is 7.90. The van der Waals surface area contributed by atoms with Crippen LogP contribution in [0.1, 0.15) is 45.2 Å². The second kappa shape index (κ2) is 8.65. The quantitative estimate of drug-likeness (QED) is 0.739. The molecule has 146 valence electrons. The van der Waals surface area contributed by atoms with Gasteiger partial charge in [-0.15, -0.1) is 0 Å². The molecule has 0 aliphatic carbocycles. The van der Waals surface area contributed by atoms with Crippen LogP contribution in [0.3, 0.4) is 0 Å². The Hall–Kier alpha value is -1.21. The highest BCUT2D eigenvalue weighted by Gasteiger charge is 2.23. The molecule has 26 heavy (non-hydrogen) atoms. The number of alkyl carbamates (subject to hydrolysis) is 1. The summed E-state index contributed by atoms with van der Waals surface area (Å²) in [4.78, 5) is 13.7. The molecule has 1 aliphatic heterocycles. The van der Waals surface area contributed by atoms with E-state index in [0.717, 1.165) is 24.1 Å². The van der Waals surface area contributed by atoms with E-state index in [0.29, 0.717) is 11.0 Å². The molecule has 4 nitrogen and oxygen atoms in total. The Bertz CT molecular complexity index is 649. The van der Waals surface area contributed by atoms with Crippen molar-refractivity contribution in [2.24, 2.45) is 0 Å². The largest absolute Gasteiger partial charge is 0.444 e. The van der Waals surface area contributed by atoms with E-state index in [2.05, 4.69) is 21.2 Å². The minimum Gasteiger partial charge on any atom is -0.444 e. The Balaban J connectivity index is 1.81. The molecule has 1 N–H and O–H groups in total. The Kier molecular flexibility index (Phi) is 7.02. The number of ether oxygens (including phenoxy) is 1. The number of alkyl halides is 1. The SMILES string of the molecule is C[C@@H](C[C@@H](F)CN1CCc2cc(Br)c(F)cc2C1)NC(=O)OC(C)(C)C. The van der Waals surface area contributed by atoms with Crippen molar-refractivity contribution in [3.8, 4) is 0 Å². The zero-order valence-corrected chi connectivity index (χ0v) is 17.3. The topological polar surface area (TPSA) is 41.6 Å². The van der Waals surface area contributed by atoms with E-state index in [9.17, 15) is 13.6 Å². The predicted octanol–water partition coefficient (Wildman–Crippen LogP) is 4.59. The van der Waals surface area contributed by atoms with Gasteiger partial charge in [0.1, 0.15) is 17.6 Å². The number of carbonyl (C=O) groups excluding carboxylic acids is 1.